The zero-order valence-corrected chi connectivity index (χ0v) is 18.5. The van der Waals surface area contributed by atoms with E-state index in [2.05, 4.69) is 119 Å². The fourth-order valence-electron chi connectivity index (χ4n) is 4.12. The molecule has 0 saturated heterocycles. The molecule has 0 aliphatic rings. The quantitative estimate of drug-likeness (QED) is 0.354. The van der Waals surface area contributed by atoms with Gasteiger partial charge in [-0.25, -0.2) is 0 Å². The molecule has 0 aliphatic carbocycles. The van der Waals surface area contributed by atoms with Crippen LogP contribution in [0.15, 0.2) is 91.0 Å². The monoisotopic (exact) mass is 394 g/mol. The normalized spacial score (nSPS) is 11.1. The molecular formula is C28H27P. The Bertz CT molecular complexity index is 1050. The highest BCUT2D eigenvalue weighted by molar-refractivity contribution is 7.80. The van der Waals surface area contributed by atoms with E-state index >= 15 is 0 Å². The third-order valence-corrected chi connectivity index (χ3v) is 7.58. The number of aryl methyl sites for hydroxylation is 4. The van der Waals surface area contributed by atoms with Crippen molar-refractivity contribution >= 4 is 23.8 Å². The van der Waals surface area contributed by atoms with E-state index in [0.29, 0.717) is 0 Å². The van der Waals surface area contributed by atoms with E-state index in [4.69, 9.17) is 0 Å². The first kappa shape index (κ1) is 19.6. The molecule has 0 amide bonds. The summed E-state index contributed by atoms with van der Waals surface area (Å²) in [5, 5.41) is 4.26. The van der Waals surface area contributed by atoms with E-state index in [1.54, 1.807) is 0 Å². The number of rotatable bonds is 4. The zero-order chi connectivity index (χ0) is 20.4. The van der Waals surface area contributed by atoms with Gasteiger partial charge in [0.15, 0.2) is 0 Å². The lowest BCUT2D eigenvalue weighted by molar-refractivity contribution is 1.40. The molecule has 0 atom stereocenters. The van der Waals surface area contributed by atoms with Gasteiger partial charge in [0.1, 0.15) is 0 Å². The highest BCUT2D eigenvalue weighted by Crippen LogP contribution is 2.38. The highest BCUT2D eigenvalue weighted by Gasteiger charge is 2.21. The molecule has 0 bridgehead atoms. The molecule has 0 fully saturated rings. The lowest BCUT2D eigenvalue weighted by atomic mass is 10.1. The number of hydrogen-bond acceptors (Lipinski definition) is 0. The summed E-state index contributed by atoms with van der Waals surface area (Å²) in [7, 11) is -0.655. The standard InChI is InChI=1S/C28H27P/c1-20-14-21(2)17-25(16-20)29(26-18-22(3)15-23(4)19-26)28-13-9-8-12-27(28)24-10-6-5-7-11-24/h5-19H,1-4H3. The first-order chi connectivity index (χ1) is 14.0. The lowest BCUT2D eigenvalue weighted by Gasteiger charge is -2.24. The molecule has 0 heterocycles. The molecule has 4 rings (SSSR count). The first-order valence-corrected chi connectivity index (χ1v) is 11.5. The van der Waals surface area contributed by atoms with Crippen LogP contribution in [0, 0.1) is 27.7 Å². The van der Waals surface area contributed by atoms with E-state index in [1.807, 2.05) is 0 Å². The van der Waals surface area contributed by atoms with Crippen molar-refractivity contribution in [2.75, 3.05) is 0 Å². The van der Waals surface area contributed by atoms with Crippen LogP contribution >= 0.6 is 7.92 Å². The topological polar surface area (TPSA) is 0 Å². The van der Waals surface area contributed by atoms with Crippen molar-refractivity contribution in [2.24, 2.45) is 0 Å². The fourth-order valence-corrected chi connectivity index (χ4v) is 6.98. The molecular weight excluding hydrogens is 367 g/mol. The van der Waals surface area contributed by atoms with Crippen LogP contribution in [0.2, 0.25) is 0 Å². The van der Waals surface area contributed by atoms with Crippen molar-refractivity contribution in [3.05, 3.63) is 113 Å². The third-order valence-electron chi connectivity index (χ3n) is 5.16. The fraction of sp³-hybridized carbons (Fsp3) is 0.143. The van der Waals surface area contributed by atoms with Gasteiger partial charge in [0.2, 0.25) is 0 Å². The lowest BCUT2D eigenvalue weighted by Crippen LogP contribution is -2.23. The van der Waals surface area contributed by atoms with Crippen LogP contribution < -0.4 is 15.9 Å². The Morgan fingerprint density at radius 3 is 1.45 bits per heavy atom. The Morgan fingerprint density at radius 2 is 0.931 bits per heavy atom. The van der Waals surface area contributed by atoms with E-state index in [0.717, 1.165) is 0 Å². The average molecular weight is 394 g/mol. The maximum absolute atomic E-state index is 2.37. The molecule has 0 saturated carbocycles. The van der Waals surface area contributed by atoms with Crippen LogP contribution in [-0.4, -0.2) is 0 Å². The average Bonchev–Trinajstić information content (AvgIpc) is 2.68. The van der Waals surface area contributed by atoms with Crippen molar-refractivity contribution < 1.29 is 0 Å². The number of benzene rings is 4. The predicted octanol–water partition coefficient (Wildman–Crippen LogP) is 6.35. The molecule has 1 heteroatoms. The van der Waals surface area contributed by atoms with Gasteiger partial charge in [0.05, 0.1) is 0 Å². The summed E-state index contributed by atoms with van der Waals surface area (Å²) in [4.78, 5) is 0. The van der Waals surface area contributed by atoms with Gasteiger partial charge in [-0.1, -0.05) is 113 Å². The maximum atomic E-state index is 2.37. The Morgan fingerprint density at radius 1 is 0.483 bits per heavy atom. The van der Waals surface area contributed by atoms with E-state index in [9.17, 15) is 0 Å². The van der Waals surface area contributed by atoms with E-state index in [-0.39, 0.29) is 0 Å². The van der Waals surface area contributed by atoms with Crippen LogP contribution in [0.4, 0.5) is 0 Å². The molecule has 0 spiro atoms. The molecule has 0 aliphatic heterocycles. The molecule has 0 radical (unpaired) electrons. The van der Waals surface area contributed by atoms with Gasteiger partial charge in [-0.05, 0) is 62.7 Å². The van der Waals surface area contributed by atoms with E-state index in [1.165, 1.54) is 49.3 Å². The van der Waals surface area contributed by atoms with Crippen molar-refractivity contribution in [1.29, 1.82) is 0 Å². The Labute approximate surface area is 176 Å². The summed E-state index contributed by atoms with van der Waals surface area (Å²) >= 11 is 0. The van der Waals surface area contributed by atoms with Crippen LogP contribution in [0.3, 0.4) is 0 Å². The summed E-state index contributed by atoms with van der Waals surface area (Å²) < 4.78 is 0. The molecule has 0 aromatic heterocycles. The Kier molecular flexibility index (Phi) is 5.65. The van der Waals surface area contributed by atoms with Gasteiger partial charge in [-0.15, -0.1) is 0 Å². The van der Waals surface area contributed by atoms with Gasteiger partial charge in [-0.3, -0.25) is 0 Å². The second-order valence-electron chi connectivity index (χ2n) is 7.91. The molecule has 29 heavy (non-hydrogen) atoms. The Hall–Kier alpha value is -2.69. The maximum Gasteiger partial charge on any atom is -0.00726 e. The molecule has 144 valence electrons. The van der Waals surface area contributed by atoms with Crippen LogP contribution in [-0.2, 0) is 0 Å². The van der Waals surface area contributed by atoms with Gasteiger partial charge in [0.25, 0.3) is 0 Å². The largest absolute Gasteiger partial charge is 0.0622 e. The van der Waals surface area contributed by atoms with Crippen molar-refractivity contribution in [3.63, 3.8) is 0 Å². The van der Waals surface area contributed by atoms with Gasteiger partial charge in [0, 0.05) is 0 Å². The molecule has 0 nitrogen and oxygen atoms in total. The molecule has 0 N–H and O–H groups in total. The minimum Gasteiger partial charge on any atom is -0.0622 e. The van der Waals surface area contributed by atoms with Gasteiger partial charge >= 0.3 is 0 Å². The van der Waals surface area contributed by atoms with Crippen molar-refractivity contribution in [2.45, 2.75) is 27.7 Å². The predicted molar refractivity (Wildman–Crippen MR) is 130 cm³/mol. The Balaban J connectivity index is 2.00. The third kappa shape index (κ3) is 4.34. The smallest absolute Gasteiger partial charge is 0.00726 e. The minimum absolute atomic E-state index is 0.655. The molecule has 4 aromatic rings. The second kappa shape index (κ2) is 8.36. The van der Waals surface area contributed by atoms with Gasteiger partial charge < -0.3 is 0 Å². The summed E-state index contributed by atoms with van der Waals surface area (Å²) in [6.07, 6.45) is 0. The first-order valence-electron chi connectivity index (χ1n) is 10.1. The highest BCUT2D eigenvalue weighted by atomic mass is 31.1. The van der Waals surface area contributed by atoms with Crippen LogP contribution in [0.5, 0.6) is 0 Å². The molecule has 0 unspecified atom stereocenters. The van der Waals surface area contributed by atoms with Crippen LogP contribution in [0.1, 0.15) is 22.3 Å². The summed E-state index contributed by atoms with van der Waals surface area (Å²) in [6.45, 7) is 8.81. The molecule has 4 aromatic carbocycles. The van der Waals surface area contributed by atoms with E-state index < -0.39 is 7.92 Å². The van der Waals surface area contributed by atoms with Crippen molar-refractivity contribution in [1.82, 2.24) is 0 Å². The SMILES string of the molecule is Cc1cc(C)cc(P(c2cc(C)cc(C)c2)c2ccccc2-c2ccccc2)c1. The van der Waals surface area contributed by atoms with Crippen LogP contribution in [0.25, 0.3) is 11.1 Å². The van der Waals surface area contributed by atoms with Crippen molar-refractivity contribution in [3.8, 4) is 11.1 Å². The summed E-state index contributed by atoms with van der Waals surface area (Å²) in [5.74, 6) is 0. The number of hydrogen-bond donors (Lipinski definition) is 0. The summed E-state index contributed by atoms with van der Waals surface area (Å²) in [5.41, 5.74) is 7.92. The second-order valence-corrected chi connectivity index (χ2v) is 10.1. The van der Waals surface area contributed by atoms with Gasteiger partial charge in [-0.2, -0.15) is 0 Å². The summed E-state index contributed by atoms with van der Waals surface area (Å²) in [6, 6.07) is 33.7. The zero-order valence-electron chi connectivity index (χ0n) is 17.6. The minimum atomic E-state index is -0.655.